The van der Waals surface area contributed by atoms with E-state index in [0.29, 0.717) is 28.4 Å². The number of benzene rings is 2. The molecular weight excluding hydrogens is 528 g/mol. The van der Waals surface area contributed by atoms with Crippen LogP contribution in [0.3, 0.4) is 0 Å². The van der Waals surface area contributed by atoms with Crippen LogP contribution in [0.1, 0.15) is 123 Å². The average molecular weight is 579 g/mol. The number of allylic oxidation sites excluding steroid dienone is 1. The molecule has 0 aromatic heterocycles. The van der Waals surface area contributed by atoms with Gasteiger partial charge in [0, 0.05) is 16.7 Å². The van der Waals surface area contributed by atoms with E-state index in [1.165, 1.54) is 6.08 Å². The molecule has 0 radical (unpaired) electrons. The molecule has 2 aromatic carbocycles. The molecular formula is C36H50O6. The van der Waals surface area contributed by atoms with Gasteiger partial charge in [0.15, 0.2) is 5.78 Å². The van der Waals surface area contributed by atoms with Crippen LogP contribution in [0.2, 0.25) is 0 Å². The number of carbonyl (C=O) groups is 3. The summed E-state index contributed by atoms with van der Waals surface area (Å²) in [6.45, 7) is 23.6. The van der Waals surface area contributed by atoms with Crippen LogP contribution in [0.5, 0.6) is 17.2 Å². The van der Waals surface area contributed by atoms with E-state index in [4.69, 9.17) is 14.2 Å². The van der Waals surface area contributed by atoms with Crippen molar-refractivity contribution in [2.24, 2.45) is 10.8 Å². The summed E-state index contributed by atoms with van der Waals surface area (Å²) in [4.78, 5) is 38.8. The van der Waals surface area contributed by atoms with Gasteiger partial charge in [0.25, 0.3) is 0 Å². The minimum absolute atomic E-state index is 0.247. The normalized spacial score (nSPS) is 12.8. The molecule has 0 fully saturated rings. The van der Waals surface area contributed by atoms with Gasteiger partial charge in [-0.25, -0.2) is 0 Å². The number of hydrogen-bond donors (Lipinski definition) is 0. The van der Waals surface area contributed by atoms with E-state index >= 15 is 0 Å². The Morgan fingerprint density at radius 3 is 1.57 bits per heavy atom. The summed E-state index contributed by atoms with van der Waals surface area (Å²) in [7, 11) is 1.60. The SMILES string of the molecule is CCC(C)(C)c1cc(C(C)(C)CC)c(OC(=O)C(C)(C)C)c(/C=C/C(=O)c2ccc(OC(=O)C(C)(C)C)cc2)c1OC. The molecule has 0 spiro atoms. The lowest BCUT2D eigenvalue weighted by atomic mass is 9.74. The monoisotopic (exact) mass is 578 g/mol. The van der Waals surface area contributed by atoms with Crippen LogP contribution in [0, 0.1) is 10.8 Å². The van der Waals surface area contributed by atoms with Crippen molar-refractivity contribution in [1.29, 1.82) is 0 Å². The Morgan fingerprint density at radius 2 is 1.14 bits per heavy atom. The molecule has 230 valence electrons. The van der Waals surface area contributed by atoms with Crippen LogP contribution in [-0.4, -0.2) is 24.8 Å². The Morgan fingerprint density at radius 1 is 0.690 bits per heavy atom. The summed E-state index contributed by atoms with van der Waals surface area (Å²) in [6.07, 6.45) is 4.81. The first-order valence-corrected chi connectivity index (χ1v) is 14.7. The summed E-state index contributed by atoms with van der Waals surface area (Å²) < 4.78 is 17.6. The molecule has 0 heterocycles. The van der Waals surface area contributed by atoms with Gasteiger partial charge in [-0.05, 0) is 108 Å². The number of ether oxygens (including phenoxy) is 3. The van der Waals surface area contributed by atoms with Gasteiger partial charge in [0.2, 0.25) is 0 Å². The largest absolute Gasteiger partial charge is 0.496 e. The molecule has 0 unspecified atom stereocenters. The summed E-state index contributed by atoms with van der Waals surface area (Å²) in [5.41, 5.74) is 0.888. The molecule has 42 heavy (non-hydrogen) atoms. The second kappa shape index (κ2) is 12.8. The third-order valence-electron chi connectivity index (χ3n) is 7.87. The van der Waals surface area contributed by atoms with Crippen LogP contribution >= 0.6 is 0 Å². The predicted octanol–water partition coefficient (Wildman–Crippen LogP) is 8.87. The second-order valence-corrected chi connectivity index (χ2v) is 14.2. The predicted molar refractivity (Wildman–Crippen MR) is 170 cm³/mol. The van der Waals surface area contributed by atoms with Crippen molar-refractivity contribution in [3.8, 4) is 17.2 Å². The van der Waals surface area contributed by atoms with Gasteiger partial charge < -0.3 is 14.2 Å². The molecule has 0 saturated carbocycles. The summed E-state index contributed by atoms with van der Waals surface area (Å²) in [5.74, 6) is 0.364. The molecule has 0 amide bonds. The van der Waals surface area contributed by atoms with Crippen LogP contribution in [-0.2, 0) is 20.4 Å². The molecule has 0 bridgehead atoms. The smallest absolute Gasteiger partial charge is 0.316 e. The van der Waals surface area contributed by atoms with Crippen LogP contribution in [0.25, 0.3) is 6.08 Å². The first kappa shape index (κ1) is 34.8. The number of ketones is 1. The number of hydrogen-bond acceptors (Lipinski definition) is 6. The van der Waals surface area contributed by atoms with Crippen molar-refractivity contribution in [3.63, 3.8) is 0 Å². The lowest BCUT2D eigenvalue weighted by Gasteiger charge is -2.33. The van der Waals surface area contributed by atoms with Gasteiger partial charge in [-0.2, -0.15) is 0 Å². The highest BCUT2D eigenvalue weighted by molar-refractivity contribution is 6.07. The standard InChI is InChI=1S/C36H50O6/c1-14-35(9,10)26-22-27(36(11,12)15-2)30(42-32(39)34(6,7)8)25(29(26)40-13)20-21-28(37)23-16-18-24(19-17-23)41-31(38)33(3,4)5/h16-22H,14-15H2,1-13H3/b21-20+. The minimum Gasteiger partial charge on any atom is -0.496 e. The van der Waals surface area contributed by atoms with Crippen molar-refractivity contribution in [1.82, 2.24) is 0 Å². The maximum absolute atomic E-state index is 13.3. The number of rotatable bonds is 10. The van der Waals surface area contributed by atoms with E-state index in [1.54, 1.807) is 58.2 Å². The van der Waals surface area contributed by atoms with Crippen molar-refractivity contribution in [2.45, 2.75) is 107 Å². The summed E-state index contributed by atoms with van der Waals surface area (Å²) in [6, 6.07) is 8.56. The van der Waals surface area contributed by atoms with Gasteiger partial charge in [-0.3, -0.25) is 14.4 Å². The fourth-order valence-electron chi connectivity index (χ4n) is 3.98. The topological polar surface area (TPSA) is 78.9 Å². The highest BCUT2D eigenvalue weighted by Gasteiger charge is 2.35. The Bertz CT molecular complexity index is 1330. The number of methoxy groups -OCH3 is 1. The minimum atomic E-state index is -0.739. The maximum atomic E-state index is 13.3. The van der Waals surface area contributed by atoms with Crippen LogP contribution in [0.15, 0.2) is 36.4 Å². The zero-order valence-corrected chi connectivity index (χ0v) is 27.9. The van der Waals surface area contributed by atoms with Crippen LogP contribution < -0.4 is 14.2 Å². The average Bonchev–Trinajstić information content (AvgIpc) is 2.90. The van der Waals surface area contributed by atoms with Gasteiger partial charge in [0.1, 0.15) is 17.2 Å². The zero-order valence-electron chi connectivity index (χ0n) is 27.9. The fraction of sp³-hybridized carbons (Fsp3) is 0.528. The van der Waals surface area contributed by atoms with Crippen molar-refractivity contribution < 1.29 is 28.6 Å². The number of esters is 2. The van der Waals surface area contributed by atoms with Gasteiger partial charge in [0.05, 0.1) is 23.5 Å². The van der Waals surface area contributed by atoms with E-state index in [-0.39, 0.29) is 28.6 Å². The van der Waals surface area contributed by atoms with Gasteiger partial charge in [-0.15, -0.1) is 0 Å². The first-order valence-electron chi connectivity index (χ1n) is 14.7. The highest BCUT2D eigenvalue weighted by atomic mass is 16.5. The lowest BCUT2D eigenvalue weighted by Crippen LogP contribution is -2.29. The molecule has 0 aliphatic rings. The van der Waals surface area contributed by atoms with Crippen LogP contribution in [0.4, 0.5) is 0 Å². The van der Waals surface area contributed by atoms with E-state index in [1.807, 2.05) is 20.8 Å². The maximum Gasteiger partial charge on any atom is 0.316 e. The lowest BCUT2D eigenvalue weighted by molar-refractivity contribution is -0.143. The highest BCUT2D eigenvalue weighted by Crippen LogP contribution is 2.48. The fourth-order valence-corrected chi connectivity index (χ4v) is 3.98. The quantitative estimate of drug-likeness (QED) is 0.121. The van der Waals surface area contributed by atoms with Crippen molar-refractivity contribution in [2.75, 3.05) is 7.11 Å². The Labute approximate surface area is 252 Å². The molecule has 2 aromatic rings. The molecule has 0 aliphatic heterocycles. The Kier molecular flexibility index (Phi) is 10.6. The molecule has 0 N–H and O–H groups in total. The molecule has 0 aliphatic carbocycles. The molecule has 0 saturated heterocycles. The van der Waals surface area contributed by atoms with Crippen molar-refractivity contribution in [3.05, 3.63) is 58.7 Å². The van der Waals surface area contributed by atoms with Gasteiger partial charge in [-0.1, -0.05) is 41.5 Å². The third kappa shape index (κ3) is 8.11. The Hall–Kier alpha value is -3.41. The van der Waals surface area contributed by atoms with Crippen molar-refractivity contribution >= 4 is 23.8 Å². The second-order valence-electron chi connectivity index (χ2n) is 14.2. The Balaban J connectivity index is 2.73. The molecule has 6 nitrogen and oxygen atoms in total. The summed E-state index contributed by atoms with van der Waals surface area (Å²) >= 11 is 0. The third-order valence-corrected chi connectivity index (χ3v) is 7.87. The van der Waals surface area contributed by atoms with E-state index in [9.17, 15) is 14.4 Å². The first-order chi connectivity index (χ1) is 19.2. The number of carbonyl (C=O) groups excluding carboxylic acids is 3. The van der Waals surface area contributed by atoms with E-state index in [2.05, 4.69) is 47.6 Å². The molecule has 2 rings (SSSR count). The molecule has 0 atom stereocenters. The van der Waals surface area contributed by atoms with E-state index < -0.39 is 10.8 Å². The summed E-state index contributed by atoms with van der Waals surface area (Å²) in [5, 5.41) is 0. The van der Waals surface area contributed by atoms with Gasteiger partial charge >= 0.3 is 11.9 Å². The zero-order chi connectivity index (χ0) is 32.3. The molecule has 6 heteroatoms. The van der Waals surface area contributed by atoms with E-state index in [0.717, 1.165) is 24.0 Å².